The van der Waals surface area contributed by atoms with Crippen LogP contribution in [0.25, 0.3) is 6.08 Å². The molecule has 0 atom stereocenters. The molecule has 25 heavy (non-hydrogen) atoms. The minimum atomic E-state index is -0.631. The van der Waals surface area contributed by atoms with Gasteiger partial charge in [0.15, 0.2) is 0 Å². The summed E-state index contributed by atoms with van der Waals surface area (Å²) in [7, 11) is 0. The molecule has 0 spiro atoms. The average molecular weight is 341 g/mol. The lowest BCUT2D eigenvalue weighted by Crippen LogP contribution is -2.54. The van der Waals surface area contributed by atoms with Gasteiger partial charge in [-0.2, -0.15) is 0 Å². The number of hydrogen-bond donors (Lipinski definition) is 1. The van der Waals surface area contributed by atoms with Crippen LogP contribution < -0.4 is 10.2 Å². The van der Waals surface area contributed by atoms with E-state index < -0.39 is 17.8 Å². The number of carbonyl (C=O) groups excluding carboxylic acids is 3. The van der Waals surface area contributed by atoms with Crippen LogP contribution >= 0.6 is 0 Å². The Bertz CT molecular complexity index is 754. The van der Waals surface area contributed by atoms with Crippen molar-refractivity contribution in [1.29, 1.82) is 0 Å². The zero-order chi connectivity index (χ0) is 18.0. The van der Waals surface area contributed by atoms with Crippen molar-refractivity contribution in [2.45, 2.75) is 33.1 Å². The van der Waals surface area contributed by atoms with E-state index in [0.29, 0.717) is 13.0 Å². The lowest BCUT2D eigenvalue weighted by atomic mass is 10.0. The quantitative estimate of drug-likeness (QED) is 0.659. The van der Waals surface area contributed by atoms with Crippen LogP contribution in [-0.4, -0.2) is 42.4 Å². The Morgan fingerprint density at radius 1 is 1.20 bits per heavy atom. The first kappa shape index (κ1) is 17.2. The highest BCUT2D eigenvalue weighted by Crippen LogP contribution is 2.29. The first-order valence-corrected chi connectivity index (χ1v) is 8.82. The molecule has 0 aliphatic carbocycles. The highest BCUT2D eigenvalue weighted by atomic mass is 16.2. The van der Waals surface area contributed by atoms with Gasteiger partial charge in [0, 0.05) is 25.3 Å². The topological polar surface area (TPSA) is 69.7 Å². The van der Waals surface area contributed by atoms with Crippen molar-refractivity contribution < 1.29 is 14.4 Å². The van der Waals surface area contributed by atoms with E-state index in [1.165, 1.54) is 11.3 Å². The second-order valence-electron chi connectivity index (χ2n) is 6.35. The van der Waals surface area contributed by atoms with E-state index in [2.05, 4.69) is 17.1 Å². The number of imide groups is 2. The number of likely N-dealkylation sites (N-methyl/N-ethyl adjacent to an activating group) is 1. The van der Waals surface area contributed by atoms with Gasteiger partial charge < -0.3 is 4.90 Å². The average Bonchev–Trinajstić information content (AvgIpc) is 3.00. The third-order valence-electron chi connectivity index (χ3n) is 4.71. The van der Waals surface area contributed by atoms with Gasteiger partial charge in [-0.15, -0.1) is 0 Å². The molecule has 1 N–H and O–H groups in total. The van der Waals surface area contributed by atoms with E-state index in [0.717, 1.165) is 36.4 Å². The Labute approximate surface area is 147 Å². The zero-order valence-corrected chi connectivity index (χ0v) is 14.7. The van der Waals surface area contributed by atoms with Gasteiger partial charge in [0.05, 0.1) is 0 Å². The first-order chi connectivity index (χ1) is 12.0. The van der Waals surface area contributed by atoms with Gasteiger partial charge in [-0.05, 0) is 49.1 Å². The number of urea groups is 1. The molecular formula is C19H23N3O3. The number of unbranched alkanes of at least 4 members (excludes halogenated alkanes) is 1. The maximum absolute atomic E-state index is 12.6. The molecule has 132 valence electrons. The van der Waals surface area contributed by atoms with Gasteiger partial charge in [0.25, 0.3) is 11.8 Å². The van der Waals surface area contributed by atoms with Crippen molar-refractivity contribution in [3.63, 3.8) is 0 Å². The third kappa shape index (κ3) is 3.29. The summed E-state index contributed by atoms with van der Waals surface area (Å²) in [6.45, 7) is 6.38. The molecular weight excluding hydrogens is 318 g/mol. The Kier molecular flexibility index (Phi) is 4.88. The predicted molar refractivity (Wildman–Crippen MR) is 96.2 cm³/mol. The molecule has 1 aromatic rings. The molecule has 0 saturated carbocycles. The normalized spacial score (nSPS) is 18.8. The number of barbiturate groups is 1. The van der Waals surface area contributed by atoms with Crippen molar-refractivity contribution >= 4 is 29.6 Å². The number of nitrogens with one attached hydrogen (secondary N) is 1. The minimum absolute atomic E-state index is 0.0148. The van der Waals surface area contributed by atoms with Crippen molar-refractivity contribution in [3.8, 4) is 0 Å². The van der Waals surface area contributed by atoms with Crippen molar-refractivity contribution in [3.05, 3.63) is 34.9 Å². The third-order valence-corrected chi connectivity index (χ3v) is 4.71. The largest absolute Gasteiger partial charge is 0.371 e. The molecule has 1 saturated heterocycles. The second-order valence-corrected chi connectivity index (χ2v) is 6.35. The monoisotopic (exact) mass is 341 g/mol. The molecule has 3 rings (SSSR count). The van der Waals surface area contributed by atoms with Crippen LogP contribution in [0.3, 0.4) is 0 Å². The molecule has 2 aliphatic rings. The maximum atomic E-state index is 12.6. The summed E-state index contributed by atoms with van der Waals surface area (Å²) in [5, 5.41) is 2.26. The number of anilines is 1. The van der Waals surface area contributed by atoms with Crippen LogP contribution in [0.15, 0.2) is 23.8 Å². The minimum Gasteiger partial charge on any atom is -0.371 e. The molecule has 0 bridgehead atoms. The smallest absolute Gasteiger partial charge is 0.331 e. The Morgan fingerprint density at radius 3 is 2.72 bits per heavy atom. The van der Waals surface area contributed by atoms with Crippen LogP contribution in [0, 0.1) is 0 Å². The molecule has 0 radical (unpaired) electrons. The Hall–Kier alpha value is -2.63. The highest BCUT2D eigenvalue weighted by Gasteiger charge is 2.35. The second kappa shape index (κ2) is 7.09. The summed E-state index contributed by atoms with van der Waals surface area (Å²) in [6.07, 6.45) is 4.12. The fraction of sp³-hybridized carbons (Fsp3) is 0.421. The van der Waals surface area contributed by atoms with Gasteiger partial charge in [-0.3, -0.25) is 19.8 Å². The molecule has 6 heteroatoms. The van der Waals surface area contributed by atoms with Gasteiger partial charge >= 0.3 is 6.03 Å². The molecule has 0 aromatic heterocycles. The van der Waals surface area contributed by atoms with Crippen molar-refractivity contribution in [2.24, 2.45) is 0 Å². The molecule has 4 amide bonds. The molecule has 1 fully saturated rings. The van der Waals surface area contributed by atoms with Crippen molar-refractivity contribution in [2.75, 3.05) is 24.5 Å². The van der Waals surface area contributed by atoms with E-state index >= 15 is 0 Å². The number of fused-ring (bicyclic) bond motifs is 1. The van der Waals surface area contributed by atoms with E-state index in [1.54, 1.807) is 6.08 Å². The summed E-state index contributed by atoms with van der Waals surface area (Å²) < 4.78 is 0. The van der Waals surface area contributed by atoms with Gasteiger partial charge in [-0.25, -0.2) is 4.79 Å². The number of nitrogens with zero attached hydrogens (tertiary/aromatic N) is 2. The highest BCUT2D eigenvalue weighted by molar-refractivity contribution is 6.31. The fourth-order valence-corrected chi connectivity index (χ4v) is 3.29. The molecule has 0 unspecified atom stereocenters. The van der Waals surface area contributed by atoms with E-state index in [1.807, 2.05) is 25.1 Å². The zero-order valence-electron chi connectivity index (χ0n) is 14.7. The van der Waals surface area contributed by atoms with E-state index in [4.69, 9.17) is 0 Å². The summed E-state index contributed by atoms with van der Waals surface area (Å²) in [5.41, 5.74) is 3.25. The Morgan fingerprint density at radius 2 is 2.00 bits per heavy atom. The van der Waals surface area contributed by atoms with Crippen molar-refractivity contribution in [1.82, 2.24) is 10.2 Å². The van der Waals surface area contributed by atoms with Crippen LogP contribution in [0.4, 0.5) is 10.5 Å². The summed E-state index contributed by atoms with van der Waals surface area (Å²) in [6, 6.07) is 5.33. The number of carbonyl (C=O) groups is 3. The summed E-state index contributed by atoms with van der Waals surface area (Å²) in [4.78, 5) is 40.0. The number of benzene rings is 1. The number of rotatable bonds is 5. The Balaban J connectivity index is 1.88. The van der Waals surface area contributed by atoms with Crippen LogP contribution in [0.2, 0.25) is 0 Å². The summed E-state index contributed by atoms with van der Waals surface area (Å²) in [5.74, 6) is -1.14. The first-order valence-electron chi connectivity index (χ1n) is 8.82. The lowest BCUT2D eigenvalue weighted by Gasteiger charge is -2.26. The molecule has 1 aromatic carbocycles. The molecule has 2 aliphatic heterocycles. The van der Waals surface area contributed by atoms with Gasteiger partial charge in [-0.1, -0.05) is 19.4 Å². The standard InChI is InChI=1S/C19H23N3O3/c1-3-5-9-22-18(24)15(17(23)20-19(22)25)12-13-6-7-16-14(11-13)8-10-21(16)4-2/h6-7,11-12H,3-5,8-10H2,1-2H3,(H,20,23,25). The fourth-order valence-electron chi connectivity index (χ4n) is 3.29. The van der Waals surface area contributed by atoms with E-state index in [-0.39, 0.29) is 5.57 Å². The number of amides is 4. The maximum Gasteiger partial charge on any atom is 0.331 e. The van der Waals surface area contributed by atoms with E-state index in [9.17, 15) is 14.4 Å². The molecule has 2 heterocycles. The number of hydrogen-bond acceptors (Lipinski definition) is 4. The predicted octanol–water partition coefficient (Wildman–Crippen LogP) is 2.33. The van der Waals surface area contributed by atoms with Crippen LogP contribution in [-0.2, 0) is 16.0 Å². The van der Waals surface area contributed by atoms with Gasteiger partial charge in [0.2, 0.25) is 0 Å². The van der Waals surface area contributed by atoms with Gasteiger partial charge in [0.1, 0.15) is 5.57 Å². The van der Waals surface area contributed by atoms with Crippen LogP contribution in [0.5, 0.6) is 0 Å². The lowest BCUT2D eigenvalue weighted by molar-refractivity contribution is -0.130. The summed E-state index contributed by atoms with van der Waals surface area (Å²) >= 11 is 0. The SMILES string of the molecule is CCCCN1C(=O)NC(=O)C(=Cc2ccc3c(c2)CCN3CC)C1=O. The van der Waals surface area contributed by atoms with Crippen LogP contribution in [0.1, 0.15) is 37.8 Å². The molecule has 6 nitrogen and oxygen atoms in total.